The van der Waals surface area contributed by atoms with Crippen molar-refractivity contribution in [2.75, 3.05) is 5.73 Å². The minimum atomic E-state index is 0.401. The molecule has 0 spiro atoms. The van der Waals surface area contributed by atoms with Crippen molar-refractivity contribution in [3.63, 3.8) is 0 Å². The number of hydrogen-bond donors (Lipinski definition) is 1. The molecule has 2 nitrogen and oxygen atoms in total. The van der Waals surface area contributed by atoms with Crippen molar-refractivity contribution in [3.8, 4) is 0 Å². The Bertz CT molecular complexity index is 239. The quantitative estimate of drug-likeness (QED) is 0.738. The molecule has 1 aromatic heterocycles. The van der Waals surface area contributed by atoms with Crippen molar-refractivity contribution in [2.45, 2.75) is 5.88 Å². The minimum Gasteiger partial charge on any atom is -0.383 e. The van der Waals surface area contributed by atoms with Gasteiger partial charge < -0.3 is 5.73 Å². The molecular weight excluding hydrogens is 215 g/mol. The highest BCUT2D eigenvalue weighted by molar-refractivity contribution is 9.10. The Kier molecular flexibility index (Phi) is 2.51. The van der Waals surface area contributed by atoms with Crippen molar-refractivity contribution >= 4 is 33.3 Å². The highest BCUT2D eigenvalue weighted by Gasteiger charge is 1.97. The Balaban J connectivity index is 3.09. The summed E-state index contributed by atoms with van der Waals surface area (Å²) in [6.07, 6.45) is 1.64. The SMILES string of the molecule is Nc1ncc(Br)cc1CCl. The van der Waals surface area contributed by atoms with E-state index in [0.29, 0.717) is 11.7 Å². The van der Waals surface area contributed by atoms with E-state index in [0.717, 1.165) is 10.0 Å². The van der Waals surface area contributed by atoms with Gasteiger partial charge >= 0.3 is 0 Å². The van der Waals surface area contributed by atoms with Gasteiger partial charge in [-0.05, 0) is 22.0 Å². The third-order valence-corrected chi connectivity index (χ3v) is 1.83. The third kappa shape index (κ3) is 1.61. The van der Waals surface area contributed by atoms with Crippen LogP contribution in [0.4, 0.5) is 5.82 Å². The van der Waals surface area contributed by atoms with Gasteiger partial charge in [0.05, 0.1) is 5.88 Å². The average molecular weight is 221 g/mol. The van der Waals surface area contributed by atoms with E-state index in [9.17, 15) is 0 Å². The predicted molar refractivity (Wildman–Crippen MR) is 45.9 cm³/mol. The van der Waals surface area contributed by atoms with Crippen LogP contribution in [0.15, 0.2) is 16.7 Å². The second-order valence-corrected chi connectivity index (χ2v) is 3.01. The van der Waals surface area contributed by atoms with Gasteiger partial charge in [-0.15, -0.1) is 11.6 Å². The number of rotatable bonds is 1. The zero-order chi connectivity index (χ0) is 7.56. The standard InChI is InChI=1S/C6H6BrClN2/c7-5-1-4(2-8)6(9)10-3-5/h1,3H,2H2,(H2,9,10). The second-order valence-electron chi connectivity index (χ2n) is 1.83. The van der Waals surface area contributed by atoms with Crippen LogP contribution >= 0.6 is 27.5 Å². The van der Waals surface area contributed by atoms with E-state index in [4.69, 9.17) is 17.3 Å². The molecule has 4 heteroatoms. The topological polar surface area (TPSA) is 38.9 Å². The highest BCUT2D eigenvalue weighted by atomic mass is 79.9. The molecule has 0 radical (unpaired) electrons. The van der Waals surface area contributed by atoms with Gasteiger partial charge in [0.1, 0.15) is 5.82 Å². The van der Waals surface area contributed by atoms with Gasteiger partial charge in [0.15, 0.2) is 0 Å². The van der Waals surface area contributed by atoms with Crippen LogP contribution in [0.1, 0.15) is 5.56 Å². The van der Waals surface area contributed by atoms with E-state index in [1.54, 1.807) is 6.20 Å². The van der Waals surface area contributed by atoms with Gasteiger partial charge in [-0.2, -0.15) is 0 Å². The molecule has 0 bridgehead atoms. The maximum absolute atomic E-state index is 5.56. The number of nitrogen functional groups attached to an aromatic ring is 1. The summed E-state index contributed by atoms with van der Waals surface area (Å²) in [6, 6.07) is 1.86. The molecule has 2 N–H and O–H groups in total. The monoisotopic (exact) mass is 220 g/mol. The van der Waals surface area contributed by atoms with E-state index in [1.807, 2.05) is 6.07 Å². The smallest absolute Gasteiger partial charge is 0.127 e. The lowest BCUT2D eigenvalue weighted by Crippen LogP contribution is -1.94. The zero-order valence-electron chi connectivity index (χ0n) is 5.14. The maximum Gasteiger partial charge on any atom is 0.127 e. The summed E-state index contributed by atoms with van der Waals surface area (Å²) in [5.74, 6) is 0.899. The molecule has 0 aliphatic rings. The van der Waals surface area contributed by atoms with Gasteiger partial charge in [0, 0.05) is 16.2 Å². The summed E-state index contributed by atoms with van der Waals surface area (Å²) >= 11 is 8.82. The van der Waals surface area contributed by atoms with E-state index in [-0.39, 0.29) is 0 Å². The molecule has 0 aromatic carbocycles. The summed E-state index contributed by atoms with van der Waals surface area (Å²) < 4.78 is 0.900. The van der Waals surface area contributed by atoms with Gasteiger partial charge in [-0.1, -0.05) is 0 Å². The molecule has 0 saturated heterocycles. The van der Waals surface area contributed by atoms with Crippen LogP contribution in [0.5, 0.6) is 0 Å². The van der Waals surface area contributed by atoms with Crippen LogP contribution in [-0.2, 0) is 5.88 Å². The average Bonchev–Trinajstić information content (AvgIpc) is 1.94. The van der Waals surface area contributed by atoms with Gasteiger partial charge in [0.2, 0.25) is 0 Å². The number of halogens is 2. The van der Waals surface area contributed by atoms with Crippen molar-refractivity contribution < 1.29 is 0 Å². The Hall–Kier alpha value is -0.280. The first-order valence-corrected chi connectivity index (χ1v) is 4.02. The van der Waals surface area contributed by atoms with E-state index >= 15 is 0 Å². The molecule has 0 fully saturated rings. The van der Waals surface area contributed by atoms with Gasteiger partial charge in [-0.25, -0.2) is 4.98 Å². The Morgan fingerprint density at radius 3 is 2.90 bits per heavy atom. The van der Waals surface area contributed by atoms with Crippen LogP contribution in [0.2, 0.25) is 0 Å². The van der Waals surface area contributed by atoms with Crippen LogP contribution in [0.3, 0.4) is 0 Å². The van der Waals surface area contributed by atoms with Crippen molar-refractivity contribution in [1.82, 2.24) is 4.98 Å². The molecule has 0 aliphatic carbocycles. The summed E-state index contributed by atoms with van der Waals surface area (Å²) in [4.78, 5) is 3.90. The lowest BCUT2D eigenvalue weighted by molar-refractivity contribution is 1.24. The van der Waals surface area contributed by atoms with E-state index < -0.39 is 0 Å². The largest absolute Gasteiger partial charge is 0.383 e. The highest BCUT2D eigenvalue weighted by Crippen LogP contribution is 2.16. The molecule has 0 atom stereocenters. The molecule has 54 valence electrons. The van der Waals surface area contributed by atoms with Crippen molar-refractivity contribution in [1.29, 1.82) is 0 Å². The second kappa shape index (κ2) is 3.21. The first-order valence-electron chi connectivity index (χ1n) is 2.70. The molecule has 0 saturated carbocycles. The van der Waals surface area contributed by atoms with Crippen molar-refractivity contribution in [2.24, 2.45) is 0 Å². The van der Waals surface area contributed by atoms with Crippen LogP contribution in [-0.4, -0.2) is 4.98 Å². The van der Waals surface area contributed by atoms with Crippen molar-refractivity contribution in [3.05, 3.63) is 22.3 Å². The third-order valence-electron chi connectivity index (χ3n) is 1.11. The first-order chi connectivity index (χ1) is 4.74. The summed E-state index contributed by atoms with van der Waals surface area (Å²) in [5.41, 5.74) is 6.34. The number of alkyl halides is 1. The minimum absolute atomic E-state index is 0.401. The zero-order valence-corrected chi connectivity index (χ0v) is 7.48. The first kappa shape index (κ1) is 7.82. The molecule has 0 unspecified atom stereocenters. The fourth-order valence-corrected chi connectivity index (χ4v) is 1.19. The summed E-state index contributed by atoms with van der Waals surface area (Å²) in [6.45, 7) is 0. The van der Waals surface area contributed by atoms with Gasteiger partial charge in [-0.3, -0.25) is 0 Å². The Morgan fingerprint density at radius 1 is 1.70 bits per heavy atom. The molecular formula is C6H6BrClN2. The number of pyridine rings is 1. The summed E-state index contributed by atoms with van der Waals surface area (Å²) in [7, 11) is 0. The lowest BCUT2D eigenvalue weighted by atomic mass is 10.3. The maximum atomic E-state index is 5.56. The predicted octanol–water partition coefficient (Wildman–Crippen LogP) is 2.17. The molecule has 0 aliphatic heterocycles. The van der Waals surface area contributed by atoms with E-state index in [1.165, 1.54) is 0 Å². The van der Waals surface area contributed by atoms with E-state index in [2.05, 4.69) is 20.9 Å². The number of hydrogen-bond acceptors (Lipinski definition) is 2. The Morgan fingerprint density at radius 2 is 2.40 bits per heavy atom. The van der Waals surface area contributed by atoms with Crippen LogP contribution in [0, 0.1) is 0 Å². The summed E-state index contributed by atoms with van der Waals surface area (Å²) in [5, 5.41) is 0. The number of anilines is 1. The number of nitrogens with zero attached hydrogens (tertiary/aromatic N) is 1. The molecule has 1 heterocycles. The van der Waals surface area contributed by atoms with Crippen LogP contribution < -0.4 is 5.73 Å². The molecule has 1 rings (SSSR count). The molecule has 0 amide bonds. The molecule has 10 heavy (non-hydrogen) atoms. The normalized spacial score (nSPS) is 9.80. The number of nitrogens with two attached hydrogens (primary N) is 1. The lowest BCUT2D eigenvalue weighted by Gasteiger charge is -1.99. The fraction of sp³-hybridized carbons (Fsp3) is 0.167. The molecule has 1 aromatic rings. The number of aromatic nitrogens is 1. The fourth-order valence-electron chi connectivity index (χ4n) is 0.599. The van der Waals surface area contributed by atoms with Crippen LogP contribution in [0.25, 0.3) is 0 Å². The Labute approximate surface area is 72.5 Å². The van der Waals surface area contributed by atoms with Gasteiger partial charge in [0.25, 0.3) is 0 Å².